The summed E-state index contributed by atoms with van der Waals surface area (Å²) in [4.78, 5) is 20.1. The van der Waals surface area contributed by atoms with Crippen molar-refractivity contribution >= 4 is 28.2 Å². The molecule has 6 heteroatoms. The van der Waals surface area contributed by atoms with E-state index in [9.17, 15) is 9.18 Å². The normalized spacial score (nSPS) is 23.8. The lowest BCUT2D eigenvalue weighted by Crippen LogP contribution is -2.26. The third-order valence-electron chi connectivity index (χ3n) is 5.27. The second-order valence-electron chi connectivity index (χ2n) is 7.33. The molecule has 26 heavy (non-hydrogen) atoms. The van der Waals surface area contributed by atoms with E-state index in [4.69, 9.17) is 0 Å². The minimum absolute atomic E-state index is 0.276. The molecule has 0 saturated carbocycles. The number of halogens is 1. The number of benzene rings is 1. The van der Waals surface area contributed by atoms with Crippen molar-refractivity contribution < 1.29 is 4.39 Å². The van der Waals surface area contributed by atoms with Gasteiger partial charge < -0.3 is 4.98 Å². The van der Waals surface area contributed by atoms with Crippen LogP contribution in [0.5, 0.6) is 0 Å². The van der Waals surface area contributed by atoms with Crippen molar-refractivity contribution in [3.8, 4) is 0 Å². The van der Waals surface area contributed by atoms with Crippen LogP contribution in [0.15, 0.2) is 46.1 Å². The Balaban J connectivity index is 1.75. The highest BCUT2D eigenvalue weighted by Gasteiger charge is 2.25. The fourth-order valence-electron chi connectivity index (χ4n) is 4.02. The van der Waals surface area contributed by atoms with Crippen molar-refractivity contribution in [2.75, 3.05) is 0 Å². The van der Waals surface area contributed by atoms with Crippen LogP contribution < -0.4 is 5.56 Å². The number of rotatable bonds is 2. The molecule has 3 atom stereocenters. The van der Waals surface area contributed by atoms with Crippen LogP contribution in [0, 0.1) is 23.6 Å². The van der Waals surface area contributed by atoms with Gasteiger partial charge in [0.1, 0.15) is 23.2 Å². The van der Waals surface area contributed by atoms with Crippen molar-refractivity contribution in [3.63, 3.8) is 0 Å². The lowest BCUT2D eigenvalue weighted by molar-refractivity contribution is 0.361. The maximum atomic E-state index is 13.5. The van der Waals surface area contributed by atoms with Crippen LogP contribution in [-0.2, 0) is 0 Å². The lowest BCUT2D eigenvalue weighted by atomic mass is 9.76. The van der Waals surface area contributed by atoms with E-state index in [1.165, 1.54) is 28.7 Å². The standard InChI is InChI=1S/C20H21FN4O/c1-11-6-12(2)16(13(3)7-11)9-23-25-10-22-18-15-8-14(21)4-5-17(15)24-19(18)20(25)26/h4-6,8-10,12-13,16,24H,7H2,1-3H3/b23-9-/t12-,13-,16-/m0/s1. The average Bonchev–Trinajstić information content (AvgIpc) is 2.94. The molecule has 0 radical (unpaired) electrons. The first-order chi connectivity index (χ1) is 12.4. The van der Waals surface area contributed by atoms with Crippen LogP contribution in [0.3, 0.4) is 0 Å². The second kappa shape index (κ2) is 6.20. The molecule has 4 rings (SSSR count). The molecule has 0 unspecified atom stereocenters. The number of allylic oxidation sites excluding steroid dienone is 2. The highest BCUT2D eigenvalue weighted by molar-refractivity contribution is 6.04. The molecule has 0 spiro atoms. The van der Waals surface area contributed by atoms with Crippen LogP contribution in [0.4, 0.5) is 4.39 Å². The molecule has 2 heterocycles. The summed E-state index contributed by atoms with van der Waals surface area (Å²) in [5, 5.41) is 4.99. The molecule has 5 nitrogen and oxygen atoms in total. The number of H-pyrrole nitrogens is 1. The molecule has 2 aromatic heterocycles. The second-order valence-corrected chi connectivity index (χ2v) is 7.33. The first kappa shape index (κ1) is 16.7. The Hall–Kier alpha value is -2.76. The molecule has 1 aliphatic rings. The van der Waals surface area contributed by atoms with E-state index in [-0.39, 0.29) is 17.3 Å². The molecule has 0 amide bonds. The van der Waals surface area contributed by atoms with Gasteiger partial charge in [-0.05, 0) is 43.4 Å². The molecule has 1 aromatic carbocycles. The number of aromatic nitrogens is 3. The Labute approximate surface area is 150 Å². The van der Waals surface area contributed by atoms with Crippen molar-refractivity contribution in [3.05, 3.63) is 52.3 Å². The predicted molar refractivity (Wildman–Crippen MR) is 102 cm³/mol. The van der Waals surface area contributed by atoms with Gasteiger partial charge in [-0.15, -0.1) is 0 Å². The Kier molecular flexibility index (Phi) is 3.98. The van der Waals surface area contributed by atoms with E-state index in [2.05, 4.69) is 41.9 Å². The summed E-state index contributed by atoms with van der Waals surface area (Å²) in [6, 6.07) is 4.35. The number of hydrogen-bond donors (Lipinski definition) is 1. The van der Waals surface area contributed by atoms with E-state index < -0.39 is 0 Å². The van der Waals surface area contributed by atoms with Crippen LogP contribution in [-0.4, -0.2) is 20.9 Å². The Bertz CT molecular complexity index is 1110. The molecule has 134 valence electrons. The third-order valence-corrected chi connectivity index (χ3v) is 5.27. The van der Waals surface area contributed by atoms with Crippen molar-refractivity contribution in [1.82, 2.24) is 14.6 Å². The summed E-state index contributed by atoms with van der Waals surface area (Å²) in [6.07, 6.45) is 6.57. The summed E-state index contributed by atoms with van der Waals surface area (Å²) in [5.74, 6) is 0.775. The zero-order chi connectivity index (χ0) is 18.4. The summed E-state index contributed by atoms with van der Waals surface area (Å²) in [5.41, 5.74) is 2.61. The van der Waals surface area contributed by atoms with E-state index in [0.717, 1.165) is 6.42 Å². The minimum atomic E-state index is -0.356. The van der Waals surface area contributed by atoms with Gasteiger partial charge >= 0.3 is 0 Å². The van der Waals surface area contributed by atoms with Crippen LogP contribution in [0.1, 0.15) is 27.2 Å². The fourth-order valence-corrected chi connectivity index (χ4v) is 4.02. The maximum Gasteiger partial charge on any atom is 0.298 e. The van der Waals surface area contributed by atoms with E-state index >= 15 is 0 Å². The molecular formula is C20H21FN4O. The van der Waals surface area contributed by atoms with E-state index in [1.54, 1.807) is 6.07 Å². The first-order valence-corrected chi connectivity index (χ1v) is 8.84. The Morgan fingerprint density at radius 2 is 2.19 bits per heavy atom. The first-order valence-electron chi connectivity index (χ1n) is 8.84. The highest BCUT2D eigenvalue weighted by atomic mass is 19.1. The zero-order valence-electron chi connectivity index (χ0n) is 15.0. The number of fused-ring (bicyclic) bond motifs is 3. The van der Waals surface area contributed by atoms with Crippen molar-refractivity contribution in [2.45, 2.75) is 27.2 Å². The van der Waals surface area contributed by atoms with Gasteiger partial charge in [0.05, 0.1) is 0 Å². The zero-order valence-corrected chi connectivity index (χ0v) is 15.0. The lowest BCUT2D eigenvalue weighted by Gasteiger charge is -2.29. The van der Waals surface area contributed by atoms with Gasteiger partial charge in [0.25, 0.3) is 5.56 Å². The fraction of sp³-hybridized carbons (Fsp3) is 0.350. The van der Waals surface area contributed by atoms with Gasteiger partial charge in [0, 0.05) is 23.0 Å². The van der Waals surface area contributed by atoms with Crippen molar-refractivity contribution in [1.29, 1.82) is 0 Å². The SMILES string of the molecule is CC1=C[C@H](C)[C@H](/C=N\n2cnc3c([nH]c4ccc(F)cc43)c2=O)[C@@H](C)C1. The summed E-state index contributed by atoms with van der Waals surface area (Å²) >= 11 is 0. The van der Waals surface area contributed by atoms with Gasteiger partial charge in [-0.25, -0.2) is 9.37 Å². The molecular weight excluding hydrogens is 331 g/mol. The maximum absolute atomic E-state index is 13.5. The van der Waals surface area contributed by atoms with E-state index in [0.29, 0.717) is 33.8 Å². The predicted octanol–water partition coefficient (Wildman–Crippen LogP) is 4.09. The number of nitrogens with zero attached hydrogens (tertiary/aromatic N) is 3. The molecule has 3 aromatic rings. The van der Waals surface area contributed by atoms with Crippen LogP contribution in [0.25, 0.3) is 21.9 Å². The summed E-state index contributed by atoms with van der Waals surface area (Å²) in [6.45, 7) is 6.54. The number of hydrogen-bond acceptors (Lipinski definition) is 3. The van der Waals surface area contributed by atoms with Gasteiger partial charge in [-0.2, -0.15) is 9.78 Å². The number of nitrogens with one attached hydrogen (secondary N) is 1. The van der Waals surface area contributed by atoms with Gasteiger partial charge in [0.2, 0.25) is 0 Å². The Morgan fingerprint density at radius 3 is 2.96 bits per heavy atom. The Morgan fingerprint density at radius 1 is 1.38 bits per heavy atom. The van der Waals surface area contributed by atoms with Gasteiger partial charge in [-0.1, -0.05) is 25.5 Å². The van der Waals surface area contributed by atoms with Gasteiger partial charge in [-0.3, -0.25) is 4.79 Å². The molecule has 1 aliphatic carbocycles. The molecule has 0 aliphatic heterocycles. The highest BCUT2D eigenvalue weighted by Crippen LogP contribution is 2.32. The quantitative estimate of drug-likeness (QED) is 0.558. The number of aromatic amines is 1. The average molecular weight is 352 g/mol. The topological polar surface area (TPSA) is 63.0 Å². The van der Waals surface area contributed by atoms with Gasteiger partial charge in [0.15, 0.2) is 0 Å². The smallest absolute Gasteiger partial charge is 0.298 e. The summed E-state index contributed by atoms with van der Waals surface area (Å²) < 4.78 is 14.7. The van der Waals surface area contributed by atoms with E-state index in [1.807, 2.05) is 6.21 Å². The third kappa shape index (κ3) is 2.75. The van der Waals surface area contributed by atoms with Crippen LogP contribution in [0.2, 0.25) is 0 Å². The van der Waals surface area contributed by atoms with Crippen molar-refractivity contribution in [2.24, 2.45) is 22.9 Å². The molecule has 0 bridgehead atoms. The molecule has 0 fully saturated rings. The summed E-state index contributed by atoms with van der Waals surface area (Å²) in [7, 11) is 0. The molecule has 1 N–H and O–H groups in total. The van der Waals surface area contributed by atoms with Crippen LogP contribution >= 0.6 is 0 Å². The molecule has 0 saturated heterocycles. The largest absolute Gasteiger partial charge is 0.349 e. The minimum Gasteiger partial charge on any atom is -0.349 e. The monoisotopic (exact) mass is 352 g/mol.